The topological polar surface area (TPSA) is 76.1 Å². The van der Waals surface area contributed by atoms with Crippen molar-refractivity contribution < 1.29 is 9.59 Å². The Morgan fingerprint density at radius 3 is 2.65 bits per heavy atom. The Morgan fingerprint density at radius 1 is 1.47 bits per heavy atom. The summed E-state index contributed by atoms with van der Waals surface area (Å²) >= 11 is 8.60. The zero-order valence-corrected chi connectivity index (χ0v) is 12.3. The van der Waals surface area contributed by atoms with Crippen LogP contribution in [0, 0.1) is 0 Å². The molecule has 0 aromatic carbocycles. The zero-order valence-electron chi connectivity index (χ0n) is 9.93. The molecule has 0 spiro atoms. The minimum absolute atomic E-state index is 0.184. The number of hydrogen-bond acceptors (Lipinski definition) is 4. The smallest absolute Gasteiger partial charge is 0.303 e. The molecule has 0 heterocycles. The van der Waals surface area contributed by atoms with Gasteiger partial charge in [-0.05, 0) is 6.54 Å². The maximum atomic E-state index is 11.6. The van der Waals surface area contributed by atoms with Crippen molar-refractivity contribution >= 4 is 39.3 Å². The minimum Gasteiger partial charge on any atom is -0.334 e. The van der Waals surface area contributed by atoms with Gasteiger partial charge in [-0.2, -0.15) is 0 Å². The van der Waals surface area contributed by atoms with Crippen molar-refractivity contribution in [2.24, 2.45) is 0 Å². The lowest BCUT2D eigenvalue weighted by Gasteiger charge is -2.12. The van der Waals surface area contributed by atoms with Crippen molar-refractivity contribution in [1.29, 1.82) is 0 Å². The molecule has 3 N–H and O–H groups in total. The van der Waals surface area contributed by atoms with Gasteiger partial charge in [0.15, 0.2) is 11.5 Å². The first kappa shape index (κ1) is 16.6. The van der Waals surface area contributed by atoms with Crippen molar-refractivity contribution in [1.82, 2.24) is 21.1 Å². The highest BCUT2D eigenvalue weighted by Gasteiger charge is 2.21. The third-order valence-electron chi connectivity index (χ3n) is 1.77. The van der Waals surface area contributed by atoms with Crippen LogP contribution in [0.15, 0.2) is 0 Å². The quantitative estimate of drug-likeness (QED) is 0.243. The molecule has 0 aliphatic heterocycles. The molecule has 0 aliphatic carbocycles. The molecule has 1 radical (unpaired) electrons. The molecule has 2 amide bonds. The number of rotatable bonds is 8. The summed E-state index contributed by atoms with van der Waals surface area (Å²) in [6.07, 6.45) is 0. The molecule has 0 aromatic rings. The van der Waals surface area contributed by atoms with Crippen molar-refractivity contribution in [2.75, 3.05) is 32.6 Å². The monoisotopic (exact) mass is 328 g/mol. The van der Waals surface area contributed by atoms with Crippen molar-refractivity contribution in [2.45, 2.75) is 11.9 Å². The van der Waals surface area contributed by atoms with E-state index in [4.69, 9.17) is 11.6 Å². The molecule has 17 heavy (non-hydrogen) atoms. The molecule has 1 unspecified atom stereocenters. The Hall–Kier alpha value is -0.370. The average molecular weight is 330 g/mol. The fourth-order valence-corrected chi connectivity index (χ4v) is 1.54. The second-order valence-corrected chi connectivity index (χ2v) is 4.59. The van der Waals surface area contributed by atoms with E-state index in [2.05, 4.69) is 32.0 Å². The van der Waals surface area contributed by atoms with Gasteiger partial charge in [0.2, 0.25) is 5.91 Å². The van der Waals surface area contributed by atoms with Crippen LogP contribution in [0.25, 0.3) is 0 Å². The number of alkyl halides is 2. The molecule has 0 saturated carbocycles. The van der Waals surface area contributed by atoms with E-state index in [1.807, 2.05) is 6.92 Å². The van der Waals surface area contributed by atoms with Crippen LogP contribution in [0.5, 0.6) is 0 Å². The predicted octanol–water partition coefficient (Wildman–Crippen LogP) is -0.527. The van der Waals surface area contributed by atoms with E-state index in [0.717, 1.165) is 0 Å². The first-order valence-electron chi connectivity index (χ1n) is 5.23. The summed E-state index contributed by atoms with van der Waals surface area (Å²) in [5.74, 6) is -0.178. The Morgan fingerprint density at radius 2 is 2.12 bits per heavy atom. The first-order chi connectivity index (χ1) is 8.01. The third-order valence-corrected chi connectivity index (χ3v) is 2.59. The van der Waals surface area contributed by atoms with Gasteiger partial charge < -0.3 is 10.6 Å². The van der Waals surface area contributed by atoms with Gasteiger partial charge in [0, 0.05) is 0 Å². The fraction of sp³-hybridized carbons (Fsp3) is 0.778. The maximum absolute atomic E-state index is 11.6. The van der Waals surface area contributed by atoms with Gasteiger partial charge in [-0.15, -0.1) is 17.0 Å². The fourth-order valence-electron chi connectivity index (χ4n) is 0.924. The molecule has 6 nitrogen and oxygen atoms in total. The Bertz CT molecular complexity index is 255. The van der Waals surface area contributed by atoms with Crippen molar-refractivity contribution in [3.8, 4) is 0 Å². The van der Waals surface area contributed by atoms with Gasteiger partial charge in [-0.1, -0.05) is 27.9 Å². The van der Waals surface area contributed by atoms with Gasteiger partial charge in [0.05, 0.1) is 12.4 Å². The van der Waals surface area contributed by atoms with Gasteiger partial charge in [0.1, 0.15) is 7.05 Å². The average Bonchev–Trinajstić information content (AvgIpc) is 2.26. The largest absolute Gasteiger partial charge is 0.334 e. The molecular formula is C9H18BrClN4O2+. The summed E-state index contributed by atoms with van der Waals surface area (Å²) in [5.41, 5.74) is 2.57. The van der Waals surface area contributed by atoms with Crippen LogP contribution >= 0.6 is 27.5 Å². The number of carbonyl (C=O) groups excluding carboxylic acids is 2. The molecule has 99 valence electrons. The number of halogens is 2. The standard InChI is InChI=1S/C9H18BrClN4O2/c1-3-12-6-7(16)13-8(10)9(17)14-15(2)5-4-11/h8,12H,3-6H2,1-2H3,(H,13,16)(H,14,17)/q+1. The highest BCUT2D eigenvalue weighted by molar-refractivity contribution is 9.10. The van der Waals surface area contributed by atoms with Gasteiger partial charge in [-0.3, -0.25) is 9.59 Å². The lowest BCUT2D eigenvalue weighted by molar-refractivity contribution is -0.127. The lowest BCUT2D eigenvalue weighted by atomic mass is 10.5. The van der Waals surface area contributed by atoms with Crippen molar-refractivity contribution in [3.05, 3.63) is 0 Å². The summed E-state index contributed by atoms with van der Waals surface area (Å²) in [4.78, 5) is 22.1. The number of nitrogens with one attached hydrogen (secondary N) is 3. The van der Waals surface area contributed by atoms with Gasteiger partial charge in [0.25, 0.3) is 0 Å². The number of hydrazine groups is 1. The van der Waals surface area contributed by atoms with Gasteiger partial charge >= 0.3 is 5.91 Å². The van der Waals surface area contributed by atoms with E-state index < -0.39 is 4.95 Å². The van der Waals surface area contributed by atoms with Crippen LogP contribution < -0.4 is 21.1 Å². The Kier molecular flexibility index (Phi) is 9.43. The molecule has 0 aromatic heterocycles. The molecule has 0 fully saturated rings. The number of amides is 2. The second kappa shape index (κ2) is 9.64. The van der Waals surface area contributed by atoms with Crippen LogP contribution in [0.2, 0.25) is 0 Å². The maximum Gasteiger partial charge on any atom is 0.303 e. The van der Waals surface area contributed by atoms with E-state index in [1.54, 1.807) is 12.1 Å². The van der Waals surface area contributed by atoms with Crippen LogP contribution in [0.1, 0.15) is 6.92 Å². The van der Waals surface area contributed by atoms with E-state index >= 15 is 0 Å². The molecule has 0 bridgehead atoms. The number of likely N-dealkylation sites (N-methyl/N-ethyl adjacent to an activating group) is 1. The Balaban J connectivity index is 3.92. The number of hydrogen-bond donors (Lipinski definition) is 3. The summed E-state index contributed by atoms with van der Waals surface area (Å²) in [6.45, 7) is 3.31. The molecule has 8 heteroatoms. The van der Waals surface area contributed by atoms with Crippen molar-refractivity contribution in [3.63, 3.8) is 0 Å². The van der Waals surface area contributed by atoms with Crippen LogP contribution in [-0.4, -0.2) is 49.3 Å². The van der Waals surface area contributed by atoms with Crippen LogP contribution in [0.4, 0.5) is 0 Å². The summed E-state index contributed by atoms with van der Waals surface area (Å²) in [7, 11) is 1.69. The normalized spacial score (nSPS) is 12.3. The highest BCUT2D eigenvalue weighted by atomic mass is 79.9. The molecule has 0 rings (SSSR count). The summed E-state index contributed by atoms with van der Waals surface area (Å²) in [6, 6.07) is 0. The second-order valence-electron chi connectivity index (χ2n) is 3.30. The van der Waals surface area contributed by atoms with Crippen LogP contribution in [0.3, 0.4) is 0 Å². The highest BCUT2D eigenvalue weighted by Crippen LogP contribution is 1.94. The third kappa shape index (κ3) is 8.37. The Labute approximate surface area is 115 Å². The molecule has 0 aliphatic rings. The zero-order chi connectivity index (χ0) is 13.3. The predicted molar refractivity (Wildman–Crippen MR) is 71.2 cm³/mol. The SMILES string of the molecule is CCNCC(=O)NC(Br)C(=O)N[N+](C)CCCl. The number of carbonyl (C=O) groups is 2. The van der Waals surface area contributed by atoms with E-state index in [-0.39, 0.29) is 18.4 Å². The van der Waals surface area contributed by atoms with Crippen LogP contribution in [-0.2, 0) is 9.59 Å². The molecule has 0 saturated heterocycles. The van der Waals surface area contributed by atoms with E-state index in [9.17, 15) is 9.59 Å². The molecular weight excluding hydrogens is 311 g/mol. The minimum atomic E-state index is -0.758. The van der Waals surface area contributed by atoms with E-state index in [0.29, 0.717) is 19.0 Å². The lowest BCUT2D eigenvalue weighted by Crippen LogP contribution is -2.52. The van der Waals surface area contributed by atoms with Gasteiger partial charge in [-0.25, -0.2) is 0 Å². The molecule has 1 atom stereocenters. The summed E-state index contributed by atoms with van der Waals surface area (Å²) < 4.78 is 0. The summed E-state index contributed by atoms with van der Waals surface area (Å²) in [5, 5.41) is 6.92. The number of nitrogens with zero attached hydrogens (tertiary/aromatic N) is 1. The first-order valence-corrected chi connectivity index (χ1v) is 6.68. The van der Waals surface area contributed by atoms with E-state index in [1.165, 1.54) is 0 Å².